The zero-order valence-corrected chi connectivity index (χ0v) is 10.2. The normalized spacial score (nSPS) is 19.1. The molecule has 1 fully saturated rings. The number of carbonyl (C=O) groups excluding carboxylic acids is 1. The number of hydrogen-bond acceptors (Lipinski definition) is 1. The van der Waals surface area contributed by atoms with Crippen LogP contribution in [0.5, 0.6) is 0 Å². The largest absolute Gasteiger partial charge is 0.334 e. The first-order chi connectivity index (χ1) is 7.65. The molecule has 0 N–H and O–H groups in total. The summed E-state index contributed by atoms with van der Waals surface area (Å²) >= 11 is 11.9. The number of nitrogens with zero attached hydrogens (tertiary/aromatic N) is 1. The molecule has 0 saturated heterocycles. The Morgan fingerprint density at radius 3 is 2.62 bits per heavy atom. The quantitative estimate of drug-likeness (QED) is 0.794. The van der Waals surface area contributed by atoms with E-state index in [9.17, 15) is 4.79 Å². The van der Waals surface area contributed by atoms with Gasteiger partial charge in [-0.15, -0.1) is 0 Å². The monoisotopic (exact) mass is 255 g/mol. The third-order valence-electron chi connectivity index (χ3n) is 3.20. The van der Waals surface area contributed by atoms with E-state index >= 15 is 0 Å². The highest BCUT2D eigenvalue weighted by Crippen LogP contribution is 2.35. The maximum absolute atomic E-state index is 12.0. The van der Waals surface area contributed by atoms with Crippen LogP contribution in [0.3, 0.4) is 0 Å². The van der Waals surface area contributed by atoms with Crippen LogP contribution in [0.1, 0.15) is 28.8 Å². The standard InChI is InChI=1S/C12H11Cl2NO/c13-10-3-8-6-15(5-7-1-2-7)12(16)9(8)4-11(10)14/h3-4,7H,1-2,5-6H2. The Hall–Kier alpha value is -0.730. The van der Waals surface area contributed by atoms with E-state index in [1.165, 1.54) is 12.8 Å². The molecule has 1 aliphatic heterocycles. The molecular formula is C12H11Cl2NO. The molecule has 0 atom stereocenters. The molecule has 2 aliphatic rings. The van der Waals surface area contributed by atoms with Crippen molar-refractivity contribution in [3.63, 3.8) is 0 Å². The van der Waals surface area contributed by atoms with Crippen LogP contribution in [-0.4, -0.2) is 17.4 Å². The van der Waals surface area contributed by atoms with E-state index in [4.69, 9.17) is 23.2 Å². The van der Waals surface area contributed by atoms with Gasteiger partial charge in [0.15, 0.2) is 0 Å². The van der Waals surface area contributed by atoms with Gasteiger partial charge in [0.05, 0.1) is 10.0 Å². The number of fused-ring (bicyclic) bond motifs is 1. The van der Waals surface area contributed by atoms with Crippen molar-refractivity contribution in [2.75, 3.05) is 6.54 Å². The van der Waals surface area contributed by atoms with Crippen LogP contribution in [0, 0.1) is 5.92 Å². The van der Waals surface area contributed by atoms with Gasteiger partial charge < -0.3 is 4.90 Å². The van der Waals surface area contributed by atoms with E-state index in [1.807, 2.05) is 11.0 Å². The Kier molecular flexibility index (Phi) is 2.37. The van der Waals surface area contributed by atoms with Crippen molar-refractivity contribution in [2.24, 2.45) is 5.92 Å². The van der Waals surface area contributed by atoms with E-state index in [0.29, 0.717) is 22.5 Å². The highest BCUT2D eigenvalue weighted by Gasteiger charge is 2.33. The number of carbonyl (C=O) groups is 1. The minimum atomic E-state index is 0.0977. The van der Waals surface area contributed by atoms with Crippen molar-refractivity contribution in [1.82, 2.24) is 4.90 Å². The molecule has 1 aliphatic carbocycles. The lowest BCUT2D eigenvalue weighted by molar-refractivity contribution is 0.0771. The predicted octanol–water partition coefficient (Wildman–Crippen LogP) is 3.36. The zero-order chi connectivity index (χ0) is 11.3. The van der Waals surface area contributed by atoms with Crippen LogP contribution in [0.15, 0.2) is 12.1 Å². The van der Waals surface area contributed by atoms with Crippen molar-refractivity contribution < 1.29 is 4.79 Å². The van der Waals surface area contributed by atoms with Crippen LogP contribution >= 0.6 is 23.2 Å². The Morgan fingerprint density at radius 2 is 1.94 bits per heavy atom. The number of benzene rings is 1. The van der Waals surface area contributed by atoms with Gasteiger partial charge in [0.25, 0.3) is 5.91 Å². The van der Waals surface area contributed by atoms with Crippen molar-refractivity contribution in [1.29, 1.82) is 0 Å². The summed E-state index contributed by atoms with van der Waals surface area (Å²) < 4.78 is 0. The van der Waals surface area contributed by atoms with Crippen molar-refractivity contribution in [3.05, 3.63) is 33.3 Å². The second-order valence-electron chi connectivity index (χ2n) is 4.55. The fourth-order valence-corrected chi connectivity index (χ4v) is 2.48. The van der Waals surface area contributed by atoms with E-state index in [0.717, 1.165) is 17.7 Å². The molecule has 16 heavy (non-hydrogen) atoms. The summed E-state index contributed by atoms with van der Waals surface area (Å²) in [6.07, 6.45) is 2.50. The summed E-state index contributed by atoms with van der Waals surface area (Å²) in [5, 5.41) is 0.989. The van der Waals surface area contributed by atoms with Gasteiger partial charge in [0.1, 0.15) is 0 Å². The van der Waals surface area contributed by atoms with Gasteiger partial charge in [-0.25, -0.2) is 0 Å². The molecule has 0 radical (unpaired) electrons. The van der Waals surface area contributed by atoms with Crippen LogP contribution in [-0.2, 0) is 6.54 Å². The van der Waals surface area contributed by atoms with Gasteiger partial charge in [0.2, 0.25) is 0 Å². The smallest absolute Gasteiger partial charge is 0.254 e. The van der Waals surface area contributed by atoms with E-state index in [-0.39, 0.29) is 5.91 Å². The molecule has 0 spiro atoms. The number of hydrogen-bond donors (Lipinski definition) is 0. The molecule has 3 rings (SSSR count). The fraction of sp³-hybridized carbons (Fsp3) is 0.417. The maximum atomic E-state index is 12.0. The molecule has 2 nitrogen and oxygen atoms in total. The average Bonchev–Trinajstić information content (AvgIpc) is 3.00. The van der Waals surface area contributed by atoms with Gasteiger partial charge in [-0.2, -0.15) is 0 Å². The molecule has 1 heterocycles. The van der Waals surface area contributed by atoms with E-state index in [1.54, 1.807) is 6.07 Å². The van der Waals surface area contributed by atoms with Gasteiger partial charge in [-0.1, -0.05) is 23.2 Å². The molecule has 0 bridgehead atoms. The Bertz CT molecular complexity index is 468. The molecule has 1 saturated carbocycles. The second-order valence-corrected chi connectivity index (χ2v) is 5.37. The summed E-state index contributed by atoms with van der Waals surface area (Å²) in [6, 6.07) is 3.50. The maximum Gasteiger partial charge on any atom is 0.254 e. The summed E-state index contributed by atoms with van der Waals surface area (Å²) in [6.45, 7) is 1.56. The molecule has 0 unspecified atom stereocenters. The average molecular weight is 256 g/mol. The first kappa shape index (κ1) is 10.4. The summed E-state index contributed by atoms with van der Waals surface area (Å²) in [5.74, 6) is 0.810. The van der Waals surface area contributed by atoms with Crippen molar-refractivity contribution in [3.8, 4) is 0 Å². The van der Waals surface area contributed by atoms with Gasteiger partial charge in [0, 0.05) is 18.7 Å². The zero-order valence-electron chi connectivity index (χ0n) is 8.67. The number of rotatable bonds is 2. The summed E-state index contributed by atoms with van der Waals surface area (Å²) in [4.78, 5) is 13.9. The van der Waals surface area contributed by atoms with Crippen LogP contribution in [0.2, 0.25) is 10.0 Å². The van der Waals surface area contributed by atoms with Crippen LogP contribution in [0.25, 0.3) is 0 Å². The third-order valence-corrected chi connectivity index (χ3v) is 3.92. The highest BCUT2D eigenvalue weighted by atomic mass is 35.5. The molecule has 1 amide bonds. The minimum Gasteiger partial charge on any atom is -0.334 e. The van der Waals surface area contributed by atoms with Gasteiger partial charge >= 0.3 is 0 Å². The van der Waals surface area contributed by atoms with Crippen LogP contribution in [0.4, 0.5) is 0 Å². The molecule has 0 aromatic heterocycles. The predicted molar refractivity (Wildman–Crippen MR) is 63.9 cm³/mol. The molecule has 1 aromatic rings. The van der Waals surface area contributed by atoms with Gasteiger partial charge in [-0.3, -0.25) is 4.79 Å². The van der Waals surface area contributed by atoms with Crippen molar-refractivity contribution >= 4 is 29.1 Å². The summed E-state index contributed by atoms with van der Waals surface area (Å²) in [7, 11) is 0. The topological polar surface area (TPSA) is 20.3 Å². The minimum absolute atomic E-state index is 0.0977. The lowest BCUT2D eigenvalue weighted by Crippen LogP contribution is -2.26. The SMILES string of the molecule is O=C1c2cc(Cl)c(Cl)cc2CN1CC1CC1. The number of amides is 1. The Morgan fingerprint density at radius 1 is 1.25 bits per heavy atom. The third kappa shape index (κ3) is 1.70. The lowest BCUT2D eigenvalue weighted by Gasteiger charge is -2.14. The fourth-order valence-electron chi connectivity index (χ4n) is 2.13. The highest BCUT2D eigenvalue weighted by molar-refractivity contribution is 6.42. The summed E-state index contributed by atoms with van der Waals surface area (Å²) in [5.41, 5.74) is 1.72. The Balaban J connectivity index is 1.90. The Labute approximate surface area is 104 Å². The molecule has 84 valence electrons. The van der Waals surface area contributed by atoms with E-state index < -0.39 is 0 Å². The van der Waals surface area contributed by atoms with Gasteiger partial charge in [-0.05, 0) is 36.5 Å². The van der Waals surface area contributed by atoms with E-state index in [2.05, 4.69) is 0 Å². The first-order valence-electron chi connectivity index (χ1n) is 5.42. The second kappa shape index (κ2) is 3.64. The lowest BCUT2D eigenvalue weighted by atomic mass is 10.1. The molecular weight excluding hydrogens is 245 g/mol. The molecule has 4 heteroatoms. The molecule has 1 aromatic carbocycles. The number of halogens is 2. The van der Waals surface area contributed by atoms with Crippen molar-refractivity contribution in [2.45, 2.75) is 19.4 Å². The van der Waals surface area contributed by atoms with Crippen LogP contribution < -0.4 is 0 Å². The first-order valence-corrected chi connectivity index (χ1v) is 6.18.